The Labute approximate surface area is 112 Å². The SMILES string of the molecule is CCOC(=O)CCNC1Cc2ccc(Cl)cc2C1. The van der Waals surface area contributed by atoms with Gasteiger partial charge in [0.05, 0.1) is 13.0 Å². The normalized spacial score (nSPS) is 17.6. The van der Waals surface area contributed by atoms with E-state index < -0.39 is 0 Å². The first-order chi connectivity index (χ1) is 8.69. The van der Waals surface area contributed by atoms with Crippen molar-refractivity contribution >= 4 is 17.6 Å². The molecule has 1 aromatic carbocycles. The molecule has 1 aromatic rings. The predicted molar refractivity (Wildman–Crippen MR) is 71.9 cm³/mol. The summed E-state index contributed by atoms with van der Waals surface area (Å²) in [6.07, 6.45) is 2.43. The lowest BCUT2D eigenvalue weighted by atomic mass is 10.1. The van der Waals surface area contributed by atoms with Gasteiger partial charge >= 0.3 is 5.97 Å². The number of hydrogen-bond donors (Lipinski definition) is 1. The van der Waals surface area contributed by atoms with Crippen LogP contribution in [0.4, 0.5) is 0 Å². The van der Waals surface area contributed by atoms with Crippen LogP contribution < -0.4 is 5.32 Å². The Hall–Kier alpha value is -1.06. The first kappa shape index (κ1) is 13.4. The number of fused-ring (bicyclic) bond motifs is 1. The van der Waals surface area contributed by atoms with Gasteiger partial charge in [0.25, 0.3) is 0 Å². The lowest BCUT2D eigenvalue weighted by molar-refractivity contribution is -0.142. The smallest absolute Gasteiger partial charge is 0.307 e. The zero-order valence-corrected chi connectivity index (χ0v) is 11.3. The fourth-order valence-electron chi connectivity index (χ4n) is 2.34. The first-order valence-electron chi connectivity index (χ1n) is 6.35. The van der Waals surface area contributed by atoms with Gasteiger partial charge in [0.2, 0.25) is 0 Å². The molecule has 4 heteroatoms. The summed E-state index contributed by atoms with van der Waals surface area (Å²) >= 11 is 5.97. The van der Waals surface area contributed by atoms with Crippen LogP contribution in [0.15, 0.2) is 18.2 Å². The highest BCUT2D eigenvalue weighted by Crippen LogP contribution is 2.25. The van der Waals surface area contributed by atoms with Crippen molar-refractivity contribution in [2.45, 2.75) is 32.2 Å². The number of nitrogens with one attached hydrogen (secondary N) is 1. The molecule has 1 aliphatic carbocycles. The lowest BCUT2D eigenvalue weighted by Gasteiger charge is -2.11. The molecule has 1 unspecified atom stereocenters. The minimum atomic E-state index is -0.136. The topological polar surface area (TPSA) is 38.3 Å². The fraction of sp³-hybridized carbons (Fsp3) is 0.500. The van der Waals surface area contributed by atoms with Gasteiger partial charge in [-0.2, -0.15) is 0 Å². The van der Waals surface area contributed by atoms with E-state index in [2.05, 4.69) is 11.4 Å². The van der Waals surface area contributed by atoms with Crippen LogP contribution >= 0.6 is 11.6 Å². The van der Waals surface area contributed by atoms with E-state index in [-0.39, 0.29) is 5.97 Å². The van der Waals surface area contributed by atoms with E-state index in [0.717, 1.165) is 17.9 Å². The Bertz CT molecular complexity index is 434. The summed E-state index contributed by atoms with van der Waals surface area (Å²) in [7, 11) is 0. The maximum absolute atomic E-state index is 11.2. The van der Waals surface area contributed by atoms with E-state index in [1.165, 1.54) is 11.1 Å². The number of halogens is 1. The molecule has 0 aliphatic heterocycles. The molecule has 0 aromatic heterocycles. The van der Waals surface area contributed by atoms with Gasteiger partial charge in [-0.1, -0.05) is 17.7 Å². The summed E-state index contributed by atoms with van der Waals surface area (Å²) in [5, 5.41) is 4.19. The molecule has 1 aliphatic rings. The minimum absolute atomic E-state index is 0.136. The van der Waals surface area contributed by atoms with Crippen molar-refractivity contribution in [1.82, 2.24) is 5.32 Å². The molecule has 0 saturated heterocycles. The van der Waals surface area contributed by atoms with Crippen molar-refractivity contribution in [3.05, 3.63) is 34.3 Å². The van der Waals surface area contributed by atoms with Crippen LogP contribution in [0, 0.1) is 0 Å². The molecule has 18 heavy (non-hydrogen) atoms. The van der Waals surface area contributed by atoms with Crippen molar-refractivity contribution in [1.29, 1.82) is 0 Å². The van der Waals surface area contributed by atoms with E-state index in [1.54, 1.807) is 0 Å². The van der Waals surface area contributed by atoms with Gasteiger partial charge in [0.1, 0.15) is 0 Å². The molecule has 0 radical (unpaired) electrons. The summed E-state index contributed by atoms with van der Waals surface area (Å²) in [4.78, 5) is 11.2. The molecule has 1 atom stereocenters. The van der Waals surface area contributed by atoms with Crippen molar-refractivity contribution in [3.63, 3.8) is 0 Å². The van der Waals surface area contributed by atoms with Crippen molar-refractivity contribution < 1.29 is 9.53 Å². The van der Waals surface area contributed by atoms with Crippen LogP contribution in [-0.2, 0) is 22.4 Å². The molecular weight excluding hydrogens is 250 g/mol. The monoisotopic (exact) mass is 267 g/mol. The average molecular weight is 268 g/mol. The number of carbonyl (C=O) groups excluding carboxylic acids is 1. The highest BCUT2D eigenvalue weighted by atomic mass is 35.5. The summed E-state index contributed by atoms with van der Waals surface area (Å²) in [5.41, 5.74) is 2.67. The van der Waals surface area contributed by atoms with Crippen LogP contribution in [0.1, 0.15) is 24.5 Å². The third-order valence-corrected chi connectivity index (χ3v) is 3.40. The lowest BCUT2D eigenvalue weighted by Crippen LogP contribution is -2.31. The third-order valence-electron chi connectivity index (χ3n) is 3.17. The molecule has 98 valence electrons. The Kier molecular flexibility index (Phi) is 4.61. The molecule has 0 fully saturated rings. The predicted octanol–water partition coefficient (Wildman–Crippen LogP) is 2.35. The van der Waals surface area contributed by atoms with E-state index in [9.17, 15) is 4.79 Å². The second kappa shape index (κ2) is 6.21. The van der Waals surface area contributed by atoms with Crippen LogP contribution in [0.2, 0.25) is 5.02 Å². The number of hydrogen-bond acceptors (Lipinski definition) is 3. The Morgan fingerprint density at radius 2 is 2.22 bits per heavy atom. The van der Waals surface area contributed by atoms with Crippen LogP contribution in [-0.4, -0.2) is 25.2 Å². The maximum atomic E-state index is 11.2. The number of rotatable bonds is 5. The van der Waals surface area contributed by atoms with E-state index >= 15 is 0 Å². The van der Waals surface area contributed by atoms with Crippen molar-refractivity contribution in [3.8, 4) is 0 Å². The standard InChI is InChI=1S/C14H18ClNO2/c1-2-18-14(17)5-6-16-13-8-10-3-4-12(15)7-11(10)9-13/h3-4,7,13,16H,2,5-6,8-9H2,1H3. The molecule has 2 rings (SSSR count). The zero-order chi connectivity index (χ0) is 13.0. The summed E-state index contributed by atoms with van der Waals surface area (Å²) < 4.78 is 4.89. The number of ether oxygens (including phenoxy) is 1. The molecule has 1 N–H and O–H groups in total. The Balaban J connectivity index is 1.76. The van der Waals surface area contributed by atoms with Crippen LogP contribution in [0.25, 0.3) is 0 Å². The van der Waals surface area contributed by atoms with E-state index in [1.807, 2.05) is 19.1 Å². The Morgan fingerprint density at radius 1 is 1.44 bits per heavy atom. The Morgan fingerprint density at radius 3 is 3.00 bits per heavy atom. The van der Waals surface area contributed by atoms with E-state index in [0.29, 0.717) is 25.6 Å². The number of esters is 1. The average Bonchev–Trinajstić information content (AvgIpc) is 2.71. The molecule has 0 spiro atoms. The van der Waals surface area contributed by atoms with Gasteiger partial charge in [-0.25, -0.2) is 0 Å². The first-order valence-corrected chi connectivity index (χ1v) is 6.73. The van der Waals surface area contributed by atoms with Gasteiger partial charge in [-0.15, -0.1) is 0 Å². The zero-order valence-electron chi connectivity index (χ0n) is 10.5. The molecule has 0 amide bonds. The fourth-order valence-corrected chi connectivity index (χ4v) is 2.54. The van der Waals surface area contributed by atoms with Gasteiger partial charge in [0, 0.05) is 17.6 Å². The second-order valence-electron chi connectivity index (χ2n) is 4.53. The highest BCUT2D eigenvalue weighted by Gasteiger charge is 2.21. The van der Waals surface area contributed by atoms with Gasteiger partial charge in [-0.05, 0) is 43.0 Å². The van der Waals surface area contributed by atoms with Gasteiger partial charge in [-0.3, -0.25) is 4.79 Å². The van der Waals surface area contributed by atoms with Gasteiger partial charge < -0.3 is 10.1 Å². The highest BCUT2D eigenvalue weighted by molar-refractivity contribution is 6.30. The summed E-state index contributed by atoms with van der Waals surface area (Å²) in [6, 6.07) is 6.46. The summed E-state index contributed by atoms with van der Waals surface area (Å²) in [5.74, 6) is -0.136. The quantitative estimate of drug-likeness (QED) is 0.833. The molecule has 0 bridgehead atoms. The van der Waals surface area contributed by atoms with Crippen LogP contribution in [0.5, 0.6) is 0 Å². The largest absolute Gasteiger partial charge is 0.466 e. The minimum Gasteiger partial charge on any atom is -0.466 e. The summed E-state index contributed by atoms with van der Waals surface area (Å²) in [6.45, 7) is 2.94. The maximum Gasteiger partial charge on any atom is 0.307 e. The van der Waals surface area contributed by atoms with Crippen LogP contribution in [0.3, 0.4) is 0 Å². The van der Waals surface area contributed by atoms with Crippen molar-refractivity contribution in [2.24, 2.45) is 0 Å². The second-order valence-corrected chi connectivity index (χ2v) is 4.96. The molecule has 0 saturated carbocycles. The van der Waals surface area contributed by atoms with Crippen molar-refractivity contribution in [2.75, 3.05) is 13.2 Å². The van der Waals surface area contributed by atoms with Gasteiger partial charge in [0.15, 0.2) is 0 Å². The molecular formula is C14H18ClNO2. The molecule has 0 heterocycles. The number of carbonyl (C=O) groups is 1. The third kappa shape index (κ3) is 3.47. The van der Waals surface area contributed by atoms with E-state index in [4.69, 9.17) is 16.3 Å². The molecule has 3 nitrogen and oxygen atoms in total. The number of benzene rings is 1.